The Morgan fingerprint density at radius 3 is 2.40 bits per heavy atom. The number of hydrogen-bond donors (Lipinski definition) is 2. The summed E-state index contributed by atoms with van der Waals surface area (Å²) in [6.45, 7) is 0. The summed E-state index contributed by atoms with van der Waals surface area (Å²) in [5.41, 5.74) is 1.07. The molecule has 7 heteroatoms. The van der Waals surface area contributed by atoms with Crippen molar-refractivity contribution in [1.29, 1.82) is 0 Å². The molecule has 0 radical (unpaired) electrons. The standard InChI is InChI=1S/C13H9F3N4/c14-13(15,16)12-18-9-6-7-10(19-11(9)20-12)17-8-4-2-1-3-5-8/h1-7H,(H2,17,18,19,20). The number of hydrogen-bond acceptors (Lipinski definition) is 3. The van der Waals surface area contributed by atoms with E-state index in [9.17, 15) is 13.2 Å². The van der Waals surface area contributed by atoms with Gasteiger partial charge in [0.05, 0.1) is 5.52 Å². The number of rotatable bonds is 2. The third kappa shape index (κ3) is 2.42. The number of para-hydroxylation sites is 1. The average Bonchev–Trinajstić information content (AvgIpc) is 2.83. The topological polar surface area (TPSA) is 53.6 Å². The van der Waals surface area contributed by atoms with Crippen LogP contribution in [-0.4, -0.2) is 15.0 Å². The lowest BCUT2D eigenvalue weighted by atomic mass is 10.3. The number of nitrogens with zero attached hydrogens (tertiary/aromatic N) is 2. The molecule has 0 unspecified atom stereocenters. The molecule has 0 atom stereocenters. The van der Waals surface area contributed by atoms with Crippen LogP contribution >= 0.6 is 0 Å². The molecule has 3 aromatic rings. The maximum atomic E-state index is 12.5. The fourth-order valence-corrected chi connectivity index (χ4v) is 1.77. The van der Waals surface area contributed by atoms with Gasteiger partial charge in [0.25, 0.3) is 0 Å². The normalized spacial score (nSPS) is 11.8. The molecule has 0 saturated heterocycles. The molecule has 2 N–H and O–H groups in total. The third-order valence-electron chi connectivity index (χ3n) is 2.66. The van der Waals surface area contributed by atoms with Crippen LogP contribution in [0.1, 0.15) is 5.82 Å². The van der Waals surface area contributed by atoms with Crippen molar-refractivity contribution in [1.82, 2.24) is 15.0 Å². The highest BCUT2D eigenvalue weighted by Gasteiger charge is 2.34. The lowest BCUT2D eigenvalue weighted by molar-refractivity contribution is -0.144. The van der Waals surface area contributed by atoms with Gasteiger partial charge in [-0.1, -0.05) is 18.2 Å². The van der Waals surface area contributed by atoms with Gasteiger partial charge in [-0.15, -0.1) is 0 Å². The first-order chi connectivity index (χ1) is 9.52. The Kier molecular flexibility index (Phi) is 2.81. The Balaban J connectivity index is 1.95. The van der Waals surface area contributed by atoms with Gasteiger partial charge in [-0.25, -0.2) is 9.97 Å². The number of fused-ring (bicyclic) bond motifs is 1. The van der Waals surface area contributed by atoms with E-state index in [1.54, 1.807) is 6.07 Å². The largest absolute Gasteiger partial charge is 0.449 e. The minimum Gasteiger partial charge on any atom is -0.340 e. The number of H-pyrrole nitrogens is 1. The number of aromatic nitrogens is 3. The number of alkyl halides is 3. The lowest BCUT2D eigenvalue weighted by Gasteiger charge is -2.04. The first kappa shape index (κ1) is 12.5. The highest BCUT2D eigenvalue weighted by Crippen LogP contribution is 2.28. The Labute approximate surface area is 111 Å². The fraction of sp³-hybridized carbons (Fsp3) is 0.0769. The number of nitrogens with one attached hydrogen (secondary N) is 2. The Morgan fingerprint density at radius 1 is 0.950 bits per heavy atom. The second-order valence-corrected chi connectivity index (χ2v) is 4.14. The monoisotopic (exact) mass is 278 g/mol. The Morgan fingerprint density at radius 2 is 1.70 bits per heavy atom. The van der Waals surface area contributed by atoms with Crippen LogP contribution in [0.3, 0.4) is 0 Å². The summed E-state index contributed by atoms with van der Waals surface area (Å²) in [7, 11) is 0. The molecule has 0 fully saturated rings. The van der Waals surface area contributed by atoms with Crippen LogP contribution < -0.4 is 5.32 Å². The van der Waals surface area contributed by atoms with Gasteiger partial charge in [0, 0.05) is 5.69 Å². The summed E-state index contributed by atoms with van der Waals surface area (Å²) in [4.78, 5) is 9.71. The molecule has 0 amide bonds. The minimum absolute atomic E-state index is 0.0262. The minimum atomic E-state index is -4.51. The van der Waals surface area contributed by atoms with Gasteiger partial charge in [0.1, 0.15) is 5.82 Å². The van der Waals surface area contributed by atoms with Crippen molar-refractivity contribution < 1.29 is 13.2 Å². The highest BCUT2D eigenvalue weighted by molar-refractivity contribution is 5.74. The molecular formula is C13H9F3N4. The van der Waals surface area contributed by atoms with E-state index >= 15 is 0 Å². The summed E-state index contributed by atoms with van der Waals surface area (Å²) in [6.07, 6.45) is -4.51. The molecule has 0 aliphatic rings. The summed E-state index contributed by atoms with van der Waals surface area (Å²) in [6, 6.07) is 12.3. The van der Waals surface area contributed by atoms with Crippen molar-refractivity contribution in [3.8, 4) is 0 Å². The number of anilines is 2. The van der Waals surface area contributed by atoms with Crippen LogP contribution in [0.4, 0.5) is 24.7 Å². The zero-order valence-electron chi connectivity index (χ0n) is 10.1. The van der Waals surface area contributed by atoms with Crippen molar-refractivity contribution in [2.24, 2.45) is 0 Å². The van der Waals surface area contributed by atoms with E-state index in [4.69, 9.17) is 0 Å². The summed E-state index contributed by atoms with van der Waals surface area (Å²) < 4.78 is 37.6. The molecule has 1 aromatic carbocycles. The number of pyridine rings is 1. The molecule has 20 heavy (non-hydrogen) atoms. The van der Waals surface area contributed by atoms with E-state index in [0.29, 0.717) is 5.82 Å². The van der Waals surface area contributed by atoms with Gasteiger partial charge in [0.15, 0.2) is 5.65 Å². The van der Waals surface area contributed by atoms with E-state index in [1.165, 1.54) is 6.07 Å². The van der Waals surface area contributed by atoms with Crippen molar-refractivity contribution in [3.05, 3.63) is 48.3 Å². The predicted molar refractivity (Wildman–Crippen MR) is 68.6 cm³/mol. The maximum Gasteiger partial charge on any atom is 0.449 e. The van der Waals surface area contributed by atoms with Crippen LogP contribution in [0.25, 0.3) is 11.2 Å². The van der Waals surface area contributed by atoms with Gasteiger partial charge in [-0.2, -0.15) is 13.2 Å². The van der Waals surface area contributed by atoms with Gasteiger partial charge in [-0.05, 0) is 24.3 Å². The molecule has 0 bridgehead atoms. The van der Waals surface area contributed by atoms with Crippen molar-refractivity contribution in [3.63, 3.8) is 0 Å². The molecule has 0 saturated carbocycles. The smallest absolute Gasteiger partial charge is 0.340 e. The summed E-state index contributed by atoms with van der Waals surface area (Å²) in [5.74, 6) is -0.610. The number of benzene rings is 1. The average molecular weight is 278 g/mol. The van der Waals surface area contributed by atoms with E-state index in [0.717, 1.165) is 5.69 Å². The Bertz CT molecular complexity index is 734. The van der Waals surface area contributed by atoms with Crippen molar-refractivity contribution in [2.75, 3.05) is 5.32 Å². The zero-order chi connectivity index (χ0) is 14.2. The second-order valence-electron chi connectivity index (χ2n) is 4.14. The van der Waals surface area contributed by atoms with Gasteiger partial charge in [-0.3, -0.25) is 0 Å². The number of imidazole rings is 1. The van der Waals surface area contributed by atoms with E-state index in [-0.39, 0.29) is 11.2 Å². The first-order valence-corrected chi connectivity index (χ1v) is 5.78. The van der Waals surface area contributed by atoms with Crippen LogP contribution in [-0.2, 0) is 6.18 Å². The Hall–Kier alpha value is -2.57. The third-order valence-corrected chi connectivity index (χ3v) is 2.66. The number of aromatic amines is 1. The molecule has 4 nitrogen and oxygen atoms in total. The van der Waals surface area contributed by atoms with Crippen LogP contribution in [0.2, 0.25) is 0 Å². The van der Waals surface area contributed by atoms with Crippen LogP contribution in [0.15, 0.2) is 42.5 Å². The SMILES string of the molecule is FC(F)(F)c1nc2nc(Nc3ccccc3)ccc2[nH]1. The van der Waals surface area contributed by atoms with Gasteiger partial charge < -0.3 is 10.3 Å². The molecule has 2 aromatic heterocycles. The van der Waals surface area contributed by atoms with Gasteiger partial charge >= 0.3 is 6.18 Å². The van der Waals surface area contributed by atoms with Crippen molar-refractivity contribution in [2.45, 2.75) is 6.18 Å². The van der Waals surface area contributed by atoms with Crippen LogP contribution in [0.5, 0.6) is 0 Å². The quantitative estimate of drug-likeness (QED) is 0.751. The van der Waals surface area contributed by atoms with E-state index in [2.05, 4.69) is 20.3 Å². The fourth-order valence-electron chi connectivity index (χ4n) is 1.77. The zero-order valence-corrected chi connectivity index (χ0v) is 10.1. The van der Waals surface area contributed by atoms with E-state index < -0.39 is 12.0 Å². The van der Waals surface area contributed by atoms with E-state index in [1.807, 2.05) is 30.3 Å². The summed E-state index contributed by atoms with van der Waals surface area (Å²) in [5, 5.41) is 3.00. The molecular weight excluding hydrogens is 269 g/mol. The second kappa shape index (κ2) is 4.52. The highest BCUT2D eigenvalue weighted by atomic mass is 19.4. The lowest BCUT2D eigenvalue weighted by Crippen LogP contribution is -2.06. The molecule has 102 valence electrons. The number of halogens is 3. The molecule has 0 aliphatic heterocycles. The van der Waals surface area contributed by atoms with Gasteiger partial charge in [0.2, 0.25) is 5.82 Å². The predicted octanol–water partition coefficient (Wildman–Crippen LogP) is 3.72. The van der Waals surface area contributed by atoms with Crippen molar-refractivity contribution >= 4 is 22.7 Å². The summed E-state index contributed by atoms with van der Waals surface area (Å²) >= 11 is 0. The molecule has 0 aliphatic carbocycles. The first-order valence-electron chi connectivity index (χ1n) is 5.78. The molecule has 0 spiro atoms. The van der Waals surface area contributed by atoms with Crippen LogP contribution in [0, 0.1) is 0 Å². The molecule has 2 heterocycles. The molecule has 3 rings (SSSR count). The maximum absolute atomic E-state index is 12.5.